The Morgan fingerprint density at radius 3 is 2.92 bits per heavy atom. The molecule has 7 nitrogen and oxygen atoms in total. The van der Waals surface area contributed by atoms with Crippen molar-refractivity contribution in [3.8, 4) is 5.75 Å². The van der Waals surface area contributed by atoms with Crippen molar-refractivity contribution in [2.75, 3.05) is 26.2 Å². The fraction of sp³-hybridized carbons (Fsp3) is 0.600. The lowest BCUT2D eigenvalue weighted by atomic mass is 10.1. The van der Waals surface area contributed by atoms with Gasteiger partial charge in [0.25, 0.3) is 11.2 Å². The highest BCUT2D eigenvalue weighted by molar-refractivity contribution is 7.83. The van der Waals surface area contributed by atoms with Gasteiger partial charge < -0.3 is 15.8 Å². The third kappa shape index (κ3) is 5.02. The number of hydrogen-bond acceptors (Lipinski definition) is 6. The molecule has 0 bridgehead atoms. The minimum Gasteiger partial charge on any atom is -0.493 e. The van der Waals surface area contributed by atoms with Crippen LogP contribution >= 0.6 is 11.3 Å². The third-order valence-electron chi connectivity index (χ3n) is 3.93. The van der Waals surface area contributed by atoms with Gasteiger partial charge in [-0.05, 0) is 38.4 Å². The Balaban J connectivity index is 1.33. The second-order valence-corrected chi connectivity index (χ2v) is 7.68. The number of likely N-dealkylation sites (tertiary alicyclic amines) is 1. The van der Waals surface area contributed by atoms with E-state index in [4.69, 9.17) is 10.5 Å². The normalized spacial score (nSPS) is 21.4. The Bertz CT molecular complexity index is 638. The van der Waals surface area contributed by atoms with Crippen molar-refractivity contribution < 1.29 is 8.95 Å². The Hall–Kier alpha value is -1.45. The summed E-state index contributed by atoms with van der Waals surface area (Å²) >= 11 is 0.194. The van der Waals surface area contributed by atoms with E-state index in [0.29, 0.717) is 19.0 Å². The van der Waals surface area contributed by atoms with Gasteiger partial charge >= 0.3 is 0 Å². The van der Waals surface area contributed by atoms with E-state index < -0.39 is 11.2 Å². The van der Waals surface area contributed by atoms with Gasteiger partial charge in [0.05, 0.1) is 6.61 Å². The van der Waals surface area contributed by atoms with E-state index in [1.807, 2.05) is 0 Å². The highest BCUT2D eigenvalue weighted by atomic mass is 32.2. The van der Waals surface area contributed by atoms with Crippen LogP contribution in [-0.2, 0) is 17.7 Å². The van der Waals surface area contributed by atoms with E-state index >= 15 is 0 Å². The first-order valence-corrected chi connectivity index (χ1v) is 10.2. The van der Waals surface area contributed by atoms with Gasteiger partial charge in [-0.15, -0.1) is 20.1 Å². The van der Waals surface area contributed by atoms with Gasteiger partial charge in [0.2, 0.25) is 0 Å². The van der Waals surface area contributed by atoms with E-state index in [1.165, 1.54) is 37.2 Å². The maximum atomic E-state index is 11.1. The Morgan fingerprint density at radius 2 is 2.17 bits per heavy atom. The molecule has 0 aromatic carbocycles. The van der Waals surface area contributed by atoms with Gasteiger partial charge in [-0.25, -0.2) is 4.21 Å². The van der Waals surface area contributed by atoms with Gasteiger partial charge in [0.15, 0.2) is 11.7 Å². The lowest BCUT2D eigenvalue weighted by Gasteiger charge is -2.25. The molecule has 0 saturated carbocycles. The topological polar surface area (TPSA) is 92.3 Å². The molecule has 2 aliphatic heterocycles. The Kier molecular flexibility index (Phi) is 6.22. The summed E-state index contributed by atoms with van der Waals surface area (Å²) in [4.78, 5) is 3.87. The fourth-order valence-electron chi connectivity index (χ4n) is 2.72. The maximum absolute atomic E-state index is 11.1. The zero-order valence-corrected chi connectivity index (χ0v) is 15.2. The molecule has 3 N–H and O–H groups in total. The summed E-state index contributed by atoms with van der Waals surface area (Å²) in [6, 6.07) is 2.14. The van der Waals surface area contributed by atoms with Crippen molar-refractivity contribution in [2.45, 2.75) is 32.2 Å². The van der Waals surface area contributed by atoms with E-state index in [2.05, 4.69) is 30.5 Å². The van der Waals surface area contributed by atoms with Crippen molar-refractivity contribution in [3.63, 3.8) is 0 Å². The summed E-state index contributed by atoms with van der Waals surface area (Å²) in [5.74, 6) is 1.55. The molecule has 3 heterocycles. The standard InChI is InChI=1S/C15H23N5O2S2/c16-14-15(19-24(21)18-14)17-5-4-8-22-12-9-13(23-11-12)10-20-6-2-1-3-7-20/h9,11H,1-8,10H2,(H2,16,18)(H,17,19). The van der Waals surface area contributed by atoms with Crippen LogP contribution in [-0.4, -0.2) is 47.0 Å². The number of nitrogens with two attached hydrogens (primary N) is 1. The Labute approximate surface area is 148 Å². The van der Waals surface area contributed by atoms with Crippen LogP contribution in [0.5, 0.6) is 5.75 Å². The first kappa shape index (κ1) is 17.4. The number of piperidine rings is 1. The first-order chi connectivity index (χ1) is 11.7. The molecule has 1 saturated heterocycles. The molecule has 1 fully saturated rings. The zero-order chi connectivity index (χ0) is 16.8. The lowest BCUT2D eigenvalue weighted by Crippen LogP contribution is -2.35. The van der Waals surface area contributed by atoms with E-state index in [1.54, 1.807) is 11.3 Å². The molecule has 1 aromatic heterocycles. The maximum Gasteiger partial charge on any atom is 0.269 e. The van der Waals surface area contributed by atoms with Crippen LogP contribution in [0.25, 0.3) is 0 Å². The largest absolute Gasteiger partial charge is 0.493 e. The molecule has 132 valence electrons. The molecule has 1 aromatic rings. The zero-order valence-electron chi connectivity index (χ0n) is 13.6. The summed E-state index contributed by atoms with van der Waals surface area (Å²) in [7, 11) is 0. The quantitative estimate of drug-likeness (QED) is 0.710. The number of hydrogen-bond donors (Lipinski definition) is 2. The number of nitrogens with one attached hydrogen (secondary N) is 1. The van der Waals surface area contributed by atoms with Gasteiger partial charge in [-0.2, -0.15) is 0 Å². The average Bonchev–Trinajstić information content (AvgIpc) is 3.14. The van der Waals surface area contributed by atoms with Crippen molar-refractivity contribution in [3.05, 3.63) is 16.3 Å². The van der Waals surface area contributed by atoms with Gasteiger partial charge in [-0.3, -0.25) is 4.90 Å². The molecule has 0 radical (unpaired) electrons. The molecule has 1 unspecified atom stereocenters. The molecule has 1 atom stereocenters. The predicted molar refractivity (Wildman–Crippen MR) is 98.8 cm³/mol. The number of nitrogens with zero attached hydrogens (tertiary/aromatic N) is 3. The van der Waals surface area contributed by atoms with Crippen molar-refractivity contribution in [2.24, 2.45) is 14.5 Å². The second-order valence-electron chi connectivity index (χ2n) is 5.86. The number of amidine groups is 2. The molecule has 0 spiro atoms. The van der Waals surface area contributed by atoms with Gasteiger partial charge in [-0.1, -0.05) is 6.42 Å². The van der Waals surface area contributed by atoms with E-state index in [9.17, 15) is 4.21 Å². The summed E-state index contributed by atoms with van der Waals surface area (Å²) < 4.78 is 24.3. The van der Waals surface area contributed by atoms with Crippen LogP contribution in [0.1, 0.15) is 30.6 Å². The minimum absolute atomic E-state index is 0.203. The van der Waals surface area contributed by atoms with Crippen LogP contribution in [0.2, 0.25) is 0 Å². The third-order valence-corrected chi connectivity index (χ3v) is 5.52. The average molecular weight is 370 g/mol. The first-order valence-electron chi connectivity index (χ1n) is 8.22. The van der Waals surface area contributed by atoms with E-state index in [-0.39, 0.29) is 5.84 Å². The SMILES string of the molecule is NC1=NS(=O)N=C1NCCCOc1csc(CN2CCCCC2)c1. The van der Waals surface area contributed by atoms with Gasteiger partial charge in [0.1, 0.15) is 5.75 Å². The van der Waals surface area contributed by atoms with Crippen LogP contribution in [0.3, 0.4) is 0 Å². The van der Waals surface area contributed by atoms with Crippen LogP contribution in [0.4, 0.5) is 0 Å². The molecule has 0 amide bonds. The number of rotatable bonds is 7. The minimum atomic E-state index is -1.57. The van der Waals surface area contributed by atoms with Crippen molar-refractivity contribution in [1.82, 2.24) is 10.2 Å². The van der Waals surface area contributed by atoms with Crippen LogP contribution in [0, 0.1) is 0 Å². The summed E-state index contributed by atoms with van der Waals surface area (Å²) in [5.41, 5.74) is 5.58. The molecule has 0 aliphatic carbocycles. The fourth-order valence-corrected chi connectivity index (χ4v) is 4.18. The summed E-state index contributed by atoms with van der Waals surface area (Å²) in [6.07, 6.45) is 4.80. The highest BCUT2D eigenvalue weighted by Crippen LogP contribution is 2.24. The Morgan fingerprint density at radius 1 is 1.33 bits per heavy atom. The number of thiophene rings is 1. The smallest absolute Gasteiger partial charge is 0.269 e. The number of ether oxygens (including phenoxy) is 1. The monoisotopic (exact) mass is 369 g/mol. The van der Waals surface area contributed by atoms with Crippen LogP contribution in [0.15, 0.2) is 20.2 Å². The lowest BCUT2D eigenvalue weighted by molar-refractivity contribution is 0.222. The molecular formula is C15H23N5O2S2. The van der Waals surface area contributed by atoms with Crippen molar-refractivity contribution >= 4 is 34.2 Å². The highest BCUT2D eigenvalue weighted by Gasteiger charge is 2.14. The summed E-state index contributed by atoms with van der Waals surface area (Å²) in [5, 5.41) is 5.10. The molecule has 2 aliphatic rings. The molecular weight excluding hydrogens is 346 g/mol. The molecule has 9 heteroatoms. The van der Waals surface area contributed by atoms with Crippen LogP contribution < -0.4 is 15.8 Å². The van der Waals surface area contributed by atoms with Gasteiger partial charge in [0, 0.05) is 23.3 Å². The second kappa shape index (κ2) is 8.59. The predicted octanol–water partition coefficient (Wildman–Crippen LogP) is 1.44. The molecule has 3 rings (SSSR count). The molecule has 24 heavy (non-hydrogen) atoms. The van der Waals surface area contributed by atoms with E-state index in [0.717, 1.165) is 18.7 Å². The summed E-state index contributed by atoms with van der Waals surface area (Å²) in [6.45, 7) is 4.71. The van der Waals surface area contributed by atoms with Crippen molar-refractivity contribution in [1.29, 1.82) is 0 Å².